The van der Waals surface area contributed by atoms with Crippen molar-refractivity contribution in [3.8, 4) is 11.5 Å². The monoisotopic (exact) mass is 566 g/mol. The van der Waals surface area contributed by atoms with E-state index in [2.05, 4.69) is 37.3 Å². The van der Waals surface area contributed by atoms with Gasteiger partial charge in [0.15, 0.2) is 0 Å². The Hall–Kier alpha value is -3.82. The first kappa shape index (κ1) is 26.1. The topological polar surface area (TPSA) is 83.5 Å². The molecule has 210 valence electrons. The second-order valence-corrected chi connectivity index (χ2v) is 12.5. The minimum atomic E-state index is 0.0982. The van der Waals surface area contributed by atoms with E-state index in [4.69, 9.17) is 4.74 Å². The van der Waals surface area contributed by atoms with Crippen molar-refractivity contribution in [1.29, 1.82) is 0 Å². The average molecular weight is 567 g/mol. The van der Waals surface area contributed by atoms with Gasteiger partial charge in [0.1, 0.15) is 28.5 Å². The third-order valence-corrected chi connectivity index (χ3v) is 9.75. The van der Waals surface area contributed by atoms with Gasteiger partial charge in [-0.3, -0.25) is 14.7 Å². The Morgan fingerprint density at radius 1 is 1.17 bits per heavy atom. The lowest BCUT2D eigenvalue weighted by atomic mass is 10.0. The molecule has 5 heterocycles. The molecule has 8 nitrogen and oxygen atoms in total. The van der Waals surface area contributed by atoms with Crippen LogP contribution < -0.4 is 10.1 Å². The standard InChI is InChI=1S/C32H34N6O2S/c1-20-14-23(7-10-27(20)40-25-9-5-21(2)33-16-25)36-31-30-26-11-13-38(18-28(26)41-32(30)35-19-34-31)29(39)4-3-12-37-17-22-6-8-24(37)15-22/h3-5,7,9-10,14,16,19,22,24H,6,8,11-13,15,17-18H2,1-2H3,(H,34,35,36)/b4-3+. The van der Waals surface area contributed by atoms with Crippen LogP contribution in [0.3, 0.4) is 0 Å². The van der Waals surface area contributed by atoms with Gasteiger partial charge in [-0.25, -0.2) is 9.97 Å². The Morgan fingerprint density at radius 2 is 2.10 bits per heavy atom. The van der Waals surface area contributed by atoms with Crippen LogP contribution in [-0.4, -0.2) is 56.3 Å². The summed E-state index contributed by atoms with van der Waals surface area (Å²) in [5.41, 5.74) is 4.14. The molecule has 4 aromatic rings. The smallest absolute Gasteiger partial charge is 0.246 e. The molecular weight excluding hydrogens is 532 g/mol. The average Bonchev–Trinajstić information content (AvgIpc) is 3.70. The number of nitrogens with zero attached hydrogens (tertiary/aromatic N) is 5. The SMILES string of the molecule is Cc1ccc(Oc2ccc(Nc3ncnc4sc5c(c34)CCN(C(=O)/C=C/CN3CC4CCC3C4)C5)cc2C)cn1. The first-order valence-electron chi connectivity index (χ1n) is 14.4. The summed E-state index contributed by atoms with van der Waals surface area (Å²) in [4.78, 5) is 33.2. The molecule has 2 aliphatic heterocycles. The minimum Gasteiger partial charge on any atom is -0.455 e. The van der Waals surface area contributed by atoms with Gasteiger partial charge >= 0.3 is 0 Å². The van der Waals surface area contributed by atoms with Crippen molar-refractivity contribution in [2.75, 3.05) is 25.0 Å². The lowest BCUT2D eigenvalue weighted by Gasteiger charge is -2.27. The second kappa shape index (κ2) is 10.9. The van der Waals surface area contributed by atoms with Gasteiger partial charge in [0.25, 0.3) is 0 Å². The van der Waals surface area contributed by atoms with E-state index < -0.39 is 0 Å². The van der Waals surface area contributed by atoms with E-state index in [0.29, 0.717) is 18.8 Å². The van der Waals surface area contributed by atoms with Crippen molar-refractivity contribution in [2.45, 2.75) is 52.1 Å². The van der Waals surface area contributed by atoms with Crippen molar-refractivity contribution in [1.82, 2.24) is 24.8 Å². The molecular formula is C32H34N6O2S. The quantitative estimate of drug-likeness (QED) is 0.268. The van der Waals surface area contributed by atoms with Crippen LogP contribution in [0.1, 0.15) is 41.0 Å². The van der Waals surface area contributed by atoms with E-state index >= 15 is 0 Å². The summed E-state index contributed by atoms with van der Waals surface area (Å²) in [6, 6.07) is 10.6. The van der Waals surface area contributed by atoms with Crippen molar-refractivity contribution < 1.29 is 9.53 Å². The van der Waals surface area contributed by atoms with E-state index in [1.807, 2.05) is 43.0 Å². The van der Waals surface area contributed by atoms with Crippen molar-refractivity contribution >= 4 is 39.0 Å². The lowest BCUT2D eigenvalue weighted by Crippen LogP contribution is -2.35. The zero-order valence-corrected chi connectivity index (χ0v) is 24.3. The molecule has 1 N–H and O–H groups in total. The van der Waals surface area contributed by atoms with E-state index in [9.17, 15) is 4.79 Å². The molecule has 1 amide bonds. The molecule has 2 bridgehead atoms. The Morgan fingerprint density at radius 3 is 2.88 bits per heavy atom. The Balaban J connectivity index is 1.04. The Labute approximate surface area is 244 Å². The van der Waals surface area contributed by atoms with Gasteiger partial charge < -0.3 is 15.0 Å². The Kier molecular flexibility index (Phi) is 6.92. The normalized spacial score (nSPS) is 20.2. The van der Waals surface area contributed by atoms with E-state index in [1.54, 1.807) is 29.9 Å². The van der Waals surface area contributed by atoms with Crippen molar-refractivity contribution in [2.24, 2.45) is 5.92 Å². The molecule has 2 atom stereocenters. The molecule has 0 radical (unpaired) electrons. The number of hydrogen-bond donors (Lipinski definition) is 1. The van der Waals surface area contributed by atoms with E-state index in [0.717, 1.165) is 63.7 Å². The molecule has 9 heteroatoms. The third kappa shape index (κ3) is 5.31. The maximum atomic E-state index is 13.0. The van der Waals surface area contributed by atoms with Crippen LogP contribution in [0.4, 0.5) is 11.5 Å². The summed E-state index contributed by atoms with van der Waals surface area (Å²) < 4.78 is 6.04. The highest BCUT2D eigenvalue weighted by molar-refractivity contribution is 7.19. The zero-order valence-electron chi connectivity index (χ0n) is 23.5. The highest BCUT2D eigenvalue weighted by atomic mass is 32.1. The molecule has 1 saturated carbocycles. The molecule has 41 heavy (non-hydrogen) atoms. The van der Waals surface area contributed by atoms with Gasteiger partial charge in [0, 0.05) is 48.0 Å². The first-order valence-corrected chi connectivity index (χ1v) is 15.2. The number of carbonyl (C=O) groups excluding carboxylic acids is 1. The first-order chi connectivity index (χ1) is 20.0. The number of hydrogen-bond acceptors (Lipinski definition) is 8. The summed E-state index contributed by atoms with van der Waals surface area (Å²) in [6.45, 7) is 7.37. The number of rotatable bonds is 7. The minimum absolute atomic E-state index is 0.0982. The second-order valence-electron chi connectivity index (χ2n) is 11.4. The van der Waals surface area contributed by atoms with Gasteiger partial charge in [0.2, 0.25) is 5.91 Å². The number of piperidine rings is 1. The van der Waals surface area contributed by atoms with Crippen LogP contribution in [0.25, 0.3) is 10.2 Å². The number of fused-ring (bicyclic) bond motifs is 5. The predicted molar refractivity (Wildman–Crippen MR) is 162 cm³/mol. The van der Waals surface area contributed by atoms with Crippen LogP contribution in [-0.2, 0) is 17.8 Å². The van der Waals surface area contributed by atoms with E-state index in [-0.39, 0.29) is 5.91 Å². The van der Waals surface area contributed by atoms with Crippen molar-refractivity contribution in [3.05, 3.63) is 76.7 Å². The predicted octanol–water partition coefficient (Wildman–Crippen LogP) is 6.16. The van der Waals surface area contributed by atoms with Crippen molar-refractivity contribution in [3.63, 3.8) is 0 Å². The number of benzene rings is 1. The van der Waals surface area contributed by atoms with Crippen LogP contribution >= 0.6 is 11.3 Å². The molecule has 1 saturated heterocycles. The fraction of sp³-hybridized carbons (Fsp3) is 0.375. The van der Waals surface area contributed by atoms with Gasteiger partial charge in [-0.15, -0.1) is 11.3 Å². The van der Waals surface area contributed by atoms with E-state index in [1.165, 1.54) is 36.2 Å². The summed E-state index contributed by atoms with van der Waals surface area (Å²) in [6.07, 6.45) is 12.0. The zero-order chi connectivity index (χ0) is 27.9. The summed E-state index contributed by atoms with van der Waals surface area (Å²) in [5, 5.41) is 4.57. The fourth-order valence-electron chi connectivity index (χ4n) is 6.48. The number of likely N-dealkylation sites (tertiary alicyclic amines) is 1. The number of aryl methyl sites for hydroxylation is 2. The molecule has 3 aliphatic rings. The number of carbonyl (C=O) groups is 1. The number of ether oxygens (including phenoxy) is 1. The number of anilines is 2. The largest absolute Gasteiger partial charge is 0.455 e. The highest BCUT2D eigenvalue weighted by Crippen LogP contribution is 2.39. The van der Waals surface area contributed by atoms with Crippen LogP contribution in [0.5, 0.6) is 11.5 Å². The number of pyridine rings is 1. The van der Waals surface area contributed by atoms with Crippen LogP contribution in [0, 0.1) is 19.8 Å². The number of nitrogens with one attached hydrogen (secondary N) is 1. The maximum absolute atomic E-state index is 13.0. The molecule has 7 rings (SSSR count). The van der Waals surface area contributed by atoms with Gasteiger partial charge in [-0.1, -0.05) is 6.08 Å². The van der Waals surface area contributed by atoms with Gasteiger partial charge in [0.05, 0.1) is 18.1 Å². The number of aromatic nitrogens is 3. The molecule has 1 aromatic carbocycles. The lowest BCUT2D eigenvalue weighted by molar-refractivity contribution is -0.126. The van der Waals surface area contributed by atoms with Crippen LogP contribution in [0.2, 0.25) is 0 Å². The molecule has 0 spiro atoms. The number of thiophene rings is 1. The molecule has 1 aliphatic carbocycles. The maximum Gasteiger partial charge on any atom is 0.246 e. The molecule has 2 fully saturated rings. The third-order valence-electron chi connectivity index (χ3n) is 8.62. The van der Waals surface area contributed by atoms with Crippen LogP contribution in [0.15, 0.2) is 55.0 Å². The highest BCUT2D eigenvalue weighted by Gasteiger charge is 2.36. The molecule has 2 unspecified atom stereocenters. The summed E-state index contributed by atoms with van der Waals surface area (Å²) in [7, 11) is 0. The summed E-state index contributed by atoms with van der Waals surface area (Å²) in [5.74, 6) is 3.26. The molecule has 3 aromatic heterocycles. The van der Waals surface area contributed by atoms with Gasteiger partial charge in [-0.2, -0.15) is 0 Å². The summed E-state index contributed by atoms with van der Waals surface area (Å²) >= 11 is 1.66. The Bertz CT molecular complexity index is 1630. The number of amides is 1. The fourth-order valence-corrected chi connectivity index (χ4v) is 7.68. The van der Waals surface area contributed by atoms with Gasteiger partial charge in [-0.05, 0) is 86.9 Å².